The van der Waals surface area contributed by atoms with Gasteiger partial charge in [0.2, 0.25) is 0 Å². The van der Waals surface area contributed by atoms with E-state index in [1.807, 2.05) is 0 Å². The van der Waals surface area contributed by atoms with Crippen LogP contribution in [0.3, 0.4) is 0 Å². The van der Waals surface area contributed by atoms with Crippen molar-refractivity contribution in [2.24, 2.45) is 0 Å². The zero-order chi connectivity index (χ0) is 14.9. The molecule has 0 atom stereocenters. The highest BCUT2D eigenvalue weighted by molar-refractivity contribution is 7.90. The molecular weight excluding hydrogens is 324 g/mol. The van der Waals surface area contributed by atoms with Crippen molar-refractivity contribution < 1.29 is 18.3 Å². The lowest BCUT2D eigenvalue weighted by Crippen LogP contribution is -2.11. The second-order valence-corrected chi connectivity index (χ2v) is 8.03. The molecule has 0 aliphatic rings. The Morgan fingerprint density at radius 1 is 1.55 bits per heavy atom. The fourth-order valence-corrected chi connectivity index (χ4v) is 2.98. The normalized spacial score (nSPS) is 11.7. The molecule has 0 saturated carbocycles. The standard InChI is InChI=1S/C11H11ClN2O4S2/c1-20(17,18)3-2-14-5-8(11(15)16)10(13-14)7-4-9(12)19-6-7/h4-6H,2-3H2,1H3,(H,15,16). The van der Waals surface area contributed by atoms with Gasteiger partial charge in [-0.1, -0.05) is 11.6 Å². The van der Waals surface area contributed by atoms with Crippen molar-refractivity contribution in [3.63, 3.8) is 0 Å². The summed E-state index contributed by atoms with van der Waals surface area (Å²) in [6.45, 7) is 0.108. The minimum absolute atomic E-state index is 0.0213. The number of aromatic nitrogens is 2. The maximum absolute atomic E-state index is 11.2. The highest BCUT2D eigenvalue weighted by Crippen LogP contribution is 2.29. The molecule has 2 aromatic heterocycles. The van der Waals surface area contributed by atoms with E-state index in [1.54, 1.807) is 11.4 Å². The van der Waals surface area contributed by atoms with Gasteiger partial charge in [0.05, 0.1) is 16.6 Å². The largest absolute Gasteiger partial charge is 0.478 e. The number of rotatable bonds is 5. The third kappa shape index (κ3) is 3.59. The van der Waals surface area contributed by atoms with Crippen molar-refractivity contribution in [3.8, 4) is 11.3 Å². The number of thiophene rings is 1. The summed E-state index contributed by atoms with van der Waals surface area (Å²) < 4.78 is 24.1. The van der Waals surface area contributed by atoms with Gasteiger partial charge in [-0.25, -0.2) is 13.2 Å². The SMILES string of the molecule is CS(=O)(=O)CCn1cc(C(=O)O)c(-c2csc(Cl)c2)n1. The molecule has 6 nitrogen and oxygen atoms in total. The predicted octanol–water partition coefficient (Wildman–Crippen LogP) is 2.01. The first-order valence-electron chi connectivity index (χ1n) is 5.49. The molecule has 20 heavy (non-hydrogen) atoms. The average molecular weight is 335 g/mol. The van der Waals surface area contributed by atoms with Crippen molar-refractivity contribution in [3.05, 3.63) is 27.5 Å². The molecule has 0 saturated heterocycles. The molecule has 0 bridgehead atoms. The predicted molar refractivity (Wildman–Crippen MR) is 77.2 cm³/mol. The summed E-state index contributed by atoms with van der Waals surface area (Å²) in [5.41, 5.74) is 0.914. The molecule has 2 rings (SSSR count). The number of sulfone groups is 1. The average Bonchev–Trinajstić information content (AvgIpc) is 2.91. The monoisotopic (exact) mass is 334 g/mol. The lowest BCUT2D eigenvalue weighted by molar-refractivity contribution is 0.0697. The summed E-state index contributed by atoms with van der Waals surface area (Å²) >= 11 is 7.10. The van der Waals surface area contributed by atoms with Crippen LogP contribution in [0.25, 0.3) is 11.3 Å². The van der Waals surface area contributed by atoms with E-state index in [1.165, 1.54) is 22.2 Å². The number of halogens is 1. The number of hydrogen-bond acceptors (Lipinski definition) is 5. The van der Waals surface area contributed by atoms with Crippen LogP contribution >= 0.6 is 22.9 Å². The fourth-order valence-electron chi connectivity index (χ4n) is 1.60. The van der Waals surface area contributed by atoms with E-state index in [0.717, 1.165) is 6.26 Å². The van der Waals surface area contributed by atoms with Crippen LogP contribution in [-0.4, -0.2) is 41.3 Å². The molecule has 2 heterocycles. The van der Waals surface area contributed by atoms with Crippen molar-refractivity contribution >= 4 is 38.7 Å². The summed E-state index contributed by atoms with van der Waals surface area (Å²) in [4.78, 5) is 11.2. The number of aryl methyl sites for hydroxylation is 1. The van der Waals surface area contributed by atoms with Crippen LogP contribution in [0.1, 0.15) is 10.4 Å². The Kier molecular flexibility index (Phi) is 4.17. The lowest BCUT2D eigenvalue weighted by Gasteiger charge is -1.98. The van der Waals surface area contributed by atoms with Crippen LogP contribution in [0.5, 0.6) is 0 Å². The summed E-state index contributed by atoms with van der Waals surface area (Å²) in [7, 11) is -3.13. The Balaban J connectivity index is 2.36. The Hall–Kier alpha value is -1.38. The van der Waals surface area contributed by atoms with Gasteiger partial charge < -0.3 is 5.11 Å². The maximum atomic E-state index is 11.2. The van der Waals surface area contributed by atoms with Crippen LogP contribution < -0.4 is 0 Å². The zero-order valence-corrected chi connectivity index (χ0v) is 12.8. The summed E-state index contributed by atoms with van der Waals surface area (Å²) in [6, 6.07) is 1.63. The minimum Gasteiger partial charge on any atom is -0.478 e. The van der Waals surface area contributed by atoms with E-state index in [-0.39, 0.29) is 23.6 Å². The second kappa shape index (κ2) is 5.55. The number of aromatic carboxylic acids is 1. The molecule has 0 fully saturated rings. The molecule has 0 aliphatic heterocycles. The molecular formula is C11H11ClN2O4S2. The molecule has 108 valence electrons. The molecule has 9 heteroatoms. The smallest absolute Gasteiger partial charge is 0.339 e. The maximum Gasteiger partial charge on any atom is 0.339 e. The first-order valence-corrected chi connectivity index (χ1v) is 8.81. The van der Waals surface area contributed by atoms with Crippen LogP contribution in [-0.2, 0) is 16.4 Å². The summed E-state index contributed by atoms with van der Waals surface area (Å²) in [6.07, 6.45) is 2.45. The van der Waals surface area contributed by atoms with Crippen molar-refractivity contribution in [2.45, 2.75) is 6.54 Å². The molecule has 0 aromatic carbocycles. The Morgan fingerprint density at radius 3 is 2.75 bits per heavy atom. The molecule has 0 unspecified atom stereocenters. The van der Waals surface area contributed by atoms with E-state index >= 15 is 0 Å². The third-order valence-corrected chi connectivity index (χ3v) is 4.54. The Labute approximate surface area is 124 Å². The van der Waals surface area contributed by atoms with Gasteiger partial charge in [0.1, 0.15) is 21.1 Å². The molecule has 2 aromatic rings. The number of carboxylic acid groups (broad SMARTS) is 1. The topological polar surface area (TPSA) is 89.3 Å². The molecule has 0 spiro atoms. The van der Waals surface area contributed by atoms with Crippen molar-refractivity contribution in [1.29, 1.82) is 0 Å². The highest BCUT2D eigenvalue weighted by Gasteiger charge is 2.18. The van der Waals surface area contributed by atoms with Gasteiger partial charge in [-0.15, -0.1) is 11.3 Å². The minimum atomic E-state index is -3.13. The van der Waals surface area contributed by atoms with Gasteiger partial charge in [-0.2, -0.15) is 5.10 Å². The van der Waals surface area contributed by atoms with Gasteiger partial charge in [0.25, 0.3) is 0 Å². The number of hydrogen-bond donors (Lipinski definition) is 1. The van der Waals surface area contributed by atoms with Crippen LogP contribution in [0.15, 0.2) is 17.6 Å². The second-order valence-electron chi connectivity index (χ2n) is 4.23. The van der Waals surface area contributed by atoms with Gasteiger partial charge >= 0.3 is 5.97 Å². The zero-order valence-electron chi connectivity index (χ0n) is 10.4. The summed E-state index contributed by atoms with van der Waals surface area (Å²) in [5, 5.41) is 15.0. The van der Waals surface area contributed by atoms with Gasteiger partial charge in [0.15, 0.2) is 0 Å². The van der Waals surface area contributed by atoms with Gasteiger partial charge in [0, 0.05) is 23.4 Å². The fraction of sp³-hybridized carbons (Fsp3) is 0.273. The first kappa shape index (κ1) is 15.0. The highest BCUT2D eigenvalue weighted by atomic mass is 35.5. The third-order valence-electron chi connectivity index (χ3n) is 2.52. The first-order chi connectivity index (χ1) is 9.26. The van der Waals surface area contributed by atoms with E-state index in [4.69, 9.17) is 11.6 Å². The lowest BCUT2D eigenvalue weighted by atomic mass is 10.1. The Bertz CT molecular complexity index is 748. The number of nitrogens with zero attached hydrogens (tertiary/aromatic N) is 2. The van der Waals surface area contributed by atoms with E-state index in [2.05, 4.69) is 5.10 Å². The Morgan fingerprint density at radius 2 is 2.25 bits per heavy atom. The molecule has 0 radical (unpaired) electrons. The molecule has 0 aliphatic carbocycles. The van der Waals surface area contributed by atoms with E-state index in [9.17, 15) is 18.3 Å². The van der Waals surface area contributed by atoms with Crippen molar-refractivity contribution in [1.82, 2.24) is 9.78 Å². The van der Waals surface area contributed by atoms with Gasteiger partial charge in [-0.05, 0) is 6.07 Å². The van der Waals surface area contributed by atoms with Crippen molar-refractivity contribution in [2.75, 3.05) is 12.0 Å². The van der Waals surface area contributed by atoms with Crippen LogP contribution in [0.2, 0.25) is 4.34 Å². The van der Waals surface area contributed by atoms with Crippen LogP contribution in [0.4, 0.5) is 0 Å². The molecule has 0 amide bonds. The van der Waals surface area contributed by atoms with E-state index < -0.39 is 15.8 Å². The van der Waals surface area contributed by atoms with Gasteiger partial charge in [-0.3, -0.25) is 4.68 Å². The quantitative estimate of drug-likeness (QED) is 0.903. The molecule has 1 N–H and O–H groups in total. The number of carbonyl (C=O) groups is 1. The van der Waals surface area contributed by atoms with Crippen LogP contribution in [0, 0.1) is 0 Å². The van der Waals surface area contributed by atoms with E-state index in [0.29, 0.717) is 9.90 Å². The number of carboxylic acids is 1. The summed E-state index contributed by atoms with van der Waals surface area (Å²) in [5.74, 6) is -1.22.